The molecule has 1 aromatic carbocycles. The first-order valence-electron chi connectivity index (χ1n) is 7.32. The molecule has 2 rings (SSSR count). The molecule has 0 spiro atoms. The molecule has 0 bridgehead atoms. The third kappa shape index (κ3) is 3.51. The van der Waals surface area contributed by atoms with Gasteiger partial charge in [0, 0.05) is 11.7 Å². The van der Waals surface area contributed by atoms with Gasteiger partial charge in [-0.05, 0) is 51.4 Å². The van der Waals surface area contributed by atoms with E-state index in [1.165, 1.54) is 19.3 Å². The van der Waals surface area contributed by atoms with E-state index in [-0.39, 0.29) is 5.97 Å². The van der Waals surface area contributed by atoms with Gasteiger partial charge in [-0.15, -0.1) is 0 Å². The topological polar surface area (TPSA) is 55.6 Å². The fourth-order valence-electron chi connectivity index (χ4n) is 2.84. The quantitative estimate of drug-likeness (QED) is 0.678. The Morgan fingerprint density at radius 3 is 2.95 bits per heavy atom. The summed E-state index contributed by atoms with van der Waals surface area (Å²) in [5.41, 5.74) is 7.71. The lowest BCUT2D eigenvalue weighted by molar-refractivity contribution is 0.0450. The van der Waals surface area contributed by atoms with Crippen LogP contribution in [0.4, 0.5) is 5.69 Å². The Kier molecular flexibility index (Phi) is 5.01. The van der Waals surface area contributed by atoms with Crippen LogP contribution >= 0.6 is 0 Å². The molecule has 1 unspecified atom stereocenters. The van der Waals surface area contributed by atoms with E-state index in [0.717, 1.165) is 18.5 Å². The van der Waals surface area contributed by atoms with Crippen LogP contribution in [0.2, 0.25) is 0 Å². The number of hydrogen-bond acceptors (Lipinski definition) is 4. The zero-order valence-electron chi connectivity index (χ0n) is 12.4. The standard InChI is InChI=1S/C16H24N2O2/c1-12-6-5-8-14(17)15(12)16(19)20-11-9-13-7-3-4-10-18(13)2/h5-6,8,13H,3-4,7,9-11,17H2,1-2H3. The number of carbonyl (C=O) groups excluding carboxylic acids is 1. The summed E-state index contributed by atoms with van der Waals surface area (Å²) in [5.74, 6) is -0.306. The fourth-order valence-corrected chi connectivity index (χ4v) is 2.84. The van der Waals surface area contributed by atoms with Crippen LogP contribution in [-0.4, -0.2) is 37.1 Å². The lowest BCUT2D eigenvalue weighted by atomic mass is 10.0. The smallest absolute Gasteiger partial charge is 0.340 e. The summed E-state index contributed by atoms with van der Waals surface area (Å²) >= 11 is 0. The number of likely N-dealkylation sites (tertiary alicyclic amines) is 1. The van der Waals surface area contributed by atoms with Gasteiger partial charge in [-0.1, -0.05) is 18.6 Å². The molecule has 1 heterocycles. The van der Waals surface area contributed by atoms with Gasteiger partial charge < -0.3 is 15.4 Å². The summed E-state index contributed by atoms with van der Waals surface area (Å²) in [7, 11) is 2.14. The number of aryl methyl sites for hydroxylation is 1. The van der Waals surface area contributed by atoms with E-state index in [9.17, 15) is 4.79 Å². The summed E-state index contributed by atoms with van der Waals surface area (Å²) in [6.07, 6.45) is 4.63. The van der Waals surface area contributed by atoms with Gasteiger partial charge in [0.25, 0.3) is 0 Å². The molecule has 110 valence electrons. The van der Waals surface area contributed by atoms with Crippen molar-refractivity contribution in [3.05, 3.63) is 29.3 Å². The normalized spacial score (nSPS) is 19.8. The minimum absolute atomic E-state index is 0.306. The number of hydrogen-bond donors (Lipinski definition) is 1. The lowest BCUT2D eigenvalue weighted by Gasteiger charge is -2.32. The van der Waals surface area contributed by atoms with Gasteiger partial charge in [0.1, 0.15) is 0 Å². The molecule has 2 N–H and O–H groups in total. The third-order valence-electron chi connectivity index (χ3n) is 4.11. The van der Waals surface area contributed by atoms with Gasteiger partial charge in [0.15, 0.2) is 0 Å². The molecule has 1 aliphatic rings. The van der Waals surface area contributed by atoms with Gasteiger partial charge in [-0.2, -0.15) is 0 Å². The molecule has 1 fully saturated rings. The summed E-state index contributed by atoms with van der Waals surface area (Å²) in [6, 6.07) is 5.99. The predicted molar refractivity (Wildman–Crippen MR) is 80.8 cm³/mol. The Hall–Kier alpha value is -1.55. The van der Waals surface area contributed by atoms with E-state index < -0.39 is 0 Å². The number of benzene rings is 1. The van der Waals surface area contributed by atoms with E-state index in [0.29, 0.717) is 23.9 Å². The second-order valence-electron chi connectivity index (χ2n) is 5.59. The SMILES string of the molecule is Cc1cccc(N)c1C(=O)OCCC1CCCCN1C. The highest BCUT2D eigenvalue weighted by Gasteiger charge is 2.20. The van der Waals surface area contributed by atoms with E-state index >= 15 is 0 Å². The van der Waals surface area contributed by atoms with Crippen molar-refractivity contribution in [3.8, 4) is 0 Å². The maximum atomic E-state index is 12.1. The highest BCUT2D eigenvalue weighted by atomic mass is 16.5. The van der Waals surface area contributed by atoms with E-state index in [1.54, 1.807) is 6.07 Å². The molecule has 1 aliphatic heterocycles. The van der Waals surface area contributed by atoms with Crippen molar-refractivity contribution in [2.24, 2.45) is 0 Å². The Balaban J connectivity index is 1.86. The largest absolute Gasteiger partial charge is 0.462 e. The van der Waals surface area contributed by atoms with Gasteiger partial charge in [-0.25, -0.2) is 4.79 Å². The Bertz CT molecular complexity index is 453. The van der Waals surface area contributed by atoms with Gasteiger partial charge in [-0.3, -0.25) is 0 Å². The highest BCUT2D eigenvalue weighted by Crippen LogP contribution is 2.20. The van der Waals surface area contributed by atoms with E-state index in [1.807, 2.05) is 19.1 Å². The van der Waals surface area contributed by atoms with Crippen molar-refractivity contribution < 1.29 is 9.53 Å². The number of carbonyl (C=O) groups is 1. The number of esters is 1. The number of piperidine rings is 1. The summed E-state index contributed by atoms with van der Waals surface area (Å²) < 4.78 is 5.40. The molecule has 4 heteroatoms. The molecule has 0 radical (unpaired) electrons. The van der Waals surface area contributed by atoms with Crippen molar-refractivity contribution in [2.45, 2.75) is 38.6 Å². The molecule has 1 aromatic rings. The van der Waals surface area contributed by atoms with Crippen molar-refractivity contribution in [2.75, 3.05) is 25.9 Å². The van der Waals surface area contributed by atoms with Gasteiger partial charge in [0.2, 0.25) is 0 Å². The highest BCUT2D eigenvalue weighted by molar-refractivity contribution is 5.96. The molecule has 1 saturated heterocycles. The van der Waals surface area contributed by atoms with Crippen LogP contribution in [-0.2, 0) is 4.74 Å². The molecule has 0 aromatic heterocycles. The van der Waals surface area contributed by atoms with Crippen LogP contribution in [0, 0.1) is 6.92 Å². The first-order valence-corrected chi connectivity index (χ1v) is 7.32. The minimum Gasteiger partial charge on any atom is -0.462 e. The van der Waals surface area contributed by atoms with Crippen LogP contribution in [0.3, 0.4) is 0 Å². The number of nitrogens with two attached hydrogens (primary N) is 1. The number of anilines is 1. The van der Waals surface area contributed by atoms with Gasteiger partial charge in [0.05, 0.1) is 12.2 Å². The van der Waals surface area contributed by atoms with Crippen molar-refractivity contribution in [1.82, 2.24) is 4.90 Å². The first-order chi connectivity index (χ1) is 9.59. The Labute approximate surface area is 120 Å². The molecule has 4 nitrogen and oxygen atoms in total. The Morgan fingerprint density at radius 2 is 2.25 bits per heavy atom. The number of ether oxygens (including phenoxy) is 1. The first kappa shape index (κ1) is 14.9. The molecule has 0 aliphatic carbocycles. The zero-order chi connectivity index (χ0) is 14.5. The summed E-state index contributed by atoms with van der Waals surface area (Å²) in [6.45, 7) is 3.48. The second-order valence-corrected chi connectivity index (χ2v) is 5.59. The Morgan fingerprint density at radius 1 is 1.45 bits per heavy atom. The van der Waals surface area contributed by atoms with Crippen molar-refractivity contribution in [1.29, 1.82) is 0 Å². The van der Waals surface area contributed by atoms with Crippen molar-refractivity contribution >= 4 is 11.7 Å². The maximum absolute atomic E-state index is 12.1. The predicted octanol–water partition coefficient (Wildman–Crippen LogP) is 2.61. The fraction of sp³-hybridized carbons (Fsp3) is 0.562. The summed E-state index contributed by atoms with van der Waals surface area (Å²) in [5, 5.41) is 0. The van der Waals surface area contributed by atoms with Crippen LogP contribution < -0.4 is 5.73 Å². The molecule has 1 atom stereocenters. The number of nitrogens with zero attached hydrogens (tertiary/aromatic N) is 1. The van der Waals surface area contributed by atoms with Crippen molar-refractivity contribution in [3.63, 3.8) is 0 Å². The molecular formula is C16H24N2O2. The summed E-state index contributed by atoms with van der Waals surface area (Å²) in [4.78, 5) is 14.5. The minimum atomic E-state index is -0.306. The molecule has 0 amide bonds. The molecule has 0 saturated carbocycles. The van der Waals surface area contributed by atoms with Gasteiger partial charge >= 0.3 is 5.97 Å². The monoisotopic (exact) mass is 276 g/mol. The average molecular weight is 276 g/mol. The van der Waals surface area contributed by atoms with Crippen LogP contribution in [0.1, 0.15) is 41.6 Å². The second kappa shape index (κ2) is 6.75. The maximum Gasteiger partial charge on any atom is 0.340 e. The van der Waals surface area contributed by atoms with Crippen LogP contribution in [0.15, 0.2) is 18.2 Å². The number of rotatable bonds is 4. The van der Waals surface area contributed by atoms with E-state index in [2.05, 4.69) is 11.9 Å². The molecule has 20 heavy (non-hydrogen) atoms. The number of nitrogen functional groups attached to an aromatic ring is 1. The van der Waals surface area contributed by atoms with Crippen LogP contribution in [0.25, 0.3) is 0 Å². The lowest BCUT2D eigenvalue weighted by Crippen LogP contribution is -2.37. The third-order valence-corrected chi connectivity index (χ3v) is 4.11. The molecular weight excluding hydrogens is 252 g/mol. The van der Waals surface area contributed by atoms with E-state index in [4.69, 9.17) is 10.5 Å². The zero-order valence-corrected chi connectivity index (χ0v) is 12.4. The van der Waals surface area contributed by atoms with Crippen LogP contribution in [0.5, 0.6) is 0 Å². The average Bonchev–Trinajstić information content (AvgIpc) is 2.41.